The van der Waals surface area contributed by atoms with E-state index in [1.165, 1.54) is 7.05 Å². The molecule has 5 nitrogen and oxygen atoms in total. The molecule has 0 aromatic carbocycles. The van der Waals surface area contributed by atoms with Gasteiger partial charge in [-0.3, -0.25) is 9.69 Å². The number of rotatable bonds is 0. The van der Waals surface area contributed by atoms with E-state index in [0.29, 0.717) is 0 Å². The molecule has 5 heteroatoms. The molecular weight excluding hydrogens is 146 g/mol. The van der Waals surface area contributed by atoms with Gasteiger partial charge in [-0.15, -0.1) is 0 Å². The van der Waals surface area contributed by atoms with E-state index in [9.17, 15) is 9.59 Å². The molecule has 0 saturated heterocycles. The van der Waals surface area contributed by atoms with E-state index < -0.39 is 17.9 Å². The first kappa shape index (κ1) is 7.41. The summed E-state index contributed by atoms with van der Waals surface area (Å²) in [6.45, 7) is 0. The largest absolute Gasteiger partial charge is 0.349 e. The van der Waals surface area contributed by atoms with Crippen molar-refractivity contribution >= 4 is 18.2 Å². The first-order chi connectivity index (χ1) is 5.16. The van der Waals surface area contributed by atoms with Crippen molar-refractivity contribution in [3.63, 3.8) is 0 Å². The Morgan fingerprint density at radius 2 is 2.36 bits per heavy atom. The molecular formula is C6H5N3O2. The first-order valence-electron chi connectivity index (χ1n) is 2.92. The van der Waals surface area contributed by atoms with Crippen molar-refractivity contribution in [1.29, 1.82) is 5.26 Å². The SMILES string of the molecule is CN1C(=O)N=CC(C#N)C1=O. The number of aliphatic imine (C=N–C) groups is 1. The van der Waals surface area contributed by atoms with Crippen molar-refractivity contribution in [2.24, 2.45) is 10.9 Å². The molecule has 0 N–H and O–H groups in total. The van der Waals surface area contributed by atoms with E-state index in [1.54, 1.807) is 6.07 Å². The zero-order valence-electron chi connectivity index (χ0n) is 5.81. The fraction of sp³-hybridized carbons (Fsp3) is 0.333. The molecule has 11 heavy (non-hydrogen) atoms. The molecule has 1 heterocycles. The number of nitriles is 1. The fourth-order valence-corrected chi connectivity index (χ4v) is 0.680. The lowest BCUT2D eigenvalue weighted by molar-refractivity contribution is -0.128. The van der Waals surface area contributed by atoms with Gasteiger partial charge in [0, 0.05) is 13.3 Å². The summed E-state index contributed by atoms with van der Waals surface area (Å²) in [6.07, 6.45) is 1.06. The molecule has 0 aromatic rings. The molecule has 1 rings (SSSR count). The average molecular weight is 151 g/mol. The lowest BCUT2D eigenvalue weighted by Crippen LogP contribution is -2.39. The highest BCUT2D eigenvalue weighted by atomic mass is 16.2. The third-order valence-corrected chi connectivity index (χ3v) is 1.36. The van der Waals surface area contributed by atoms with Gasteiger partial charge >= 0.3 is 6.03 Å². The summed E-state index contributed by atoms with van der Waals surface area (Å²) in [7, 11) is 1.30. The van der Waals surface area contributed by atoms with Gasteiger partial charge in [-0.25, -0.2) is 9.79 Å². The molecule has 56 valence electrons. The van der Waals surface area contributed by atoms with E-state index in [4.69, 9.17) is 5.26 Å². The number of nitrogens with zero attached hydrogens (tertiary/aromatic N) is 3. The van der Waals surface area contributed by atoms with Crippen LogP contribution in [0.2, 0.25) is 0 Å². The van der Waals surface area contributed by atoms with Crippen molar-refractivity contribution in [2.45, 2.75) is 0 Å². The molecule has 0 bridgehead atoms. The van der Waals surface area contributed by atoms with Crippen molar-refractivity contribution in [3.05, 3.63) is 0 Å². The minimum absolute atomic E-state index is 0.521. The maximum atomic E-state index is 11.0. The predicted octanol–water partition coefficient (Wildman–Crippen LogP) is -0.211. The third-order valence-electron chi connectivity index (χ3n) is 1.36. The lowest BCUT2D eigenvalue weighted by atomic mass is 10.1. The van der Waals surface area contributed by atoms with Gasteiger partial charge in [0.15, 0.2) is 5.92 Å². The summed E-state index contributed by atoms with van der Waals surface area (Å²) < 4.78 is 0. The Morgan fingerprint density at radius 1 is 1.73 bits per heavy atom. The molecule has 1 atom stereocenters. The number of amides is 3. The van der Waals surface area contributed by atoms with Crippen LogP contribution in [0.5, 0.6) is 0 Å². The normalized spacial score (nSPS) is 23.6. The van der Waals surface area contributed by atoms with Crippen LogP contribution in [0.3, 0.4) is 0 Å². The van der Waals surface area contributed by atoms with Gasteiger partial charge in [0.05, 0.1) is 6.07 Å². The molecule has 1 unspecified atom stereocenters. The molecule has 0 saturated carbocycles. The van der Waals surface area contributed by atoms with Crippen molar-refractivity contribution in [3.8, 4) is 6.07 Å². The number of imide groups is 1. The van der Waals surface area contributed by atoms with E-state index in [0.717, 1.165) is 11.1 Å². The summed E-state index contributed by atoms with van der Waals surface area (Å²) in [5.74, 6) is -1.43. The van der Waals surface area contributed by atoms with Crippen LogP contribution in [0.25, 0.3) is 0 Å². The summed E-state index contributed by atoms with van der Waals surface area (Å²) >= 11 is 0. The van der Waals surface area contributed by atoms with Crippen LogP contribution in [0, 0.1) is 17.2 Å². The molecule has 1 aliphatic heterocycles. The zero-order chi connectivity index (χ0) is 8.43. The van der Waals surface area contributed by atoms with E-state index >= 15 is 0 Å². The van der Waals surface area contributed by atoms with Gasteiger partial charge in [-0.1, -0.05) is 0 Å². The Hall–Kier alpha value is -1.70. The van der Waals surface area contributed by atoms with Gasteiger partial charge in [0.2, 0.25) is 0 Å². The highest BCUT2D eigenvalue weighted by molar-refractivity contribution is 6.10. The Morgan fingerprint density at radius 3 is 2.91 bits per heavy atom. The van der Waals surface area contributed by atoms with E-state index in [1.807, 2.05) is 0 Å². The van der Waals surface area contributed by atoms with E-state index in [2.05, 4.69) is 4.99 Å². The molecule has 0 radical (unpaired) electrons. The monoisotopic (exact) mass is 151 g/mol. The van der Waals surface area contributed by atoms with Gasteiger partial charge in [0.25, 0.3) is 5.91 Å². The summed E-state index contributed by atoms with van der Waals surface area (Å²) in [5, 5.41) is 8.37. The quantitative estimate of drug-likeness (QED) is 0.480. The smallest absolute Gasteiger partial charge is 0.272 e. The third kappa shape index (κ3) is 1.10. The number of hydrogen-bond acceptors (Lipinski definition) is 3. The van der Waals surface area contributed by atoms with Gasteiger partial charge in [0.1, 0.15) is 0 Å². The molecule has 3 amide bonds. The zero-order valence-corrected chi connectivity index (χ0v) is 5.81. The molecule has 0 aromatic heterocycles. The van der Waals surface area contributed by atoms with Gasteiger partial charge in [-0.05, 0) is 0 Å². The van der Waals surface area contributed by atoms with E-state index in [-0.39, 0.29) is 0 Å². The summed E-state index contributed by atoms with van der Waals surface area (Å²) in [6, 6.07) is 1.09. The highest BCUT2D eigenvalue weighted by Crippen LogP contribution is 2.05. The Balaban J connectivity index is 2.96. The van der Waals surface area contributed by atoms with Crippen LogP contribution in [-0.4, -0.2) is 30.1 Å². The maximum Gasteiger partial charge on any atom is 0.349 e. The predicted molar refractivity (Wildman–Crippen MR) is 35.8 cm³/mol. The van der Waals surface area contributed by atoms with Gasteiger partial charge < -0.3 is 0 Å². The Bertz CT molecular complexity index is 276. The average Bonchev–Trinajstić information content (AvgIpc) is 2.01. The van der Waals surface area contributed by atoms with Crippen molar-refractivity contribution < 1.29 is 9.59 Å². The van der Waals surface area contributed by atoms with Crippen LogP contribution < -0.4 is 0 Å². The van der Waals surface area contributed by atoms with Crippen molar-refractivity contribution in [1.82, 2.24) is 4.90 Å². The summed E-state index contributed by atoms with van der Waals surface area (Å²) in [5.41, 5.74) is 0. The second kappa shape index (κ2) is 2.50. The minimum Gasteiger partial charge on any atom is -0.272 e. The molecule has 1 aliphatic rings. The summed E-state index contributed by atoms with van der Waals surface area (Å²) in [4.78, 5) is 25.8. The fourth-order valence-electron chi connectivity index (χ4n) is 0.680. The van der Waals surface area contributed by atoms with Crippen molar-refractivity contribution in [2.75, 3.05) is 7.05 Å². The standard InChI is InChI=1S/C6H5N3O2/c1-9-5(10)4(2-7)3-8-6(9)11/h3-4H,1H3. The highest BCUT2D eigenvalue weighted by Gasteiger charge is 2.28. The Labute approximate surface area is 62.9 Å². The molecule has 0 spiro atoms. The first-order valence-corrected chi connectivity index (χ1v) is 2.92. The minimum atomic E-state index is -0.905. The van der Waals surface area contributed by atoms with Crippen LogP contribution in [0.15, 0.2) is 4.99 Å². The van der Waals surface area contributed by atoms with Crippen LogP contribution in [0.4, 0.5) is 4.79 Å². The number of carbonyl (C=O) groups excluding carboxylic acids is 2. The van der Waals surface area contributed by atoms with Crippen LogP contribution in [-0.2, 0) is 4.79 Å². The van der Waals surface area contributed by atoms with Crippen LogP contribution in [0.1, 0.15) is 0 Å². The number of carbonyl (C=O) groups is 2. The lowest BCUT2D eigenvalue weighted by Gasteiger charge is -2.17. The molecule has 0 fully saturated rings. The number of hydrogen-bond donors (Lipinski definition) is 0. The second-order valence-corrected chi connectivity index (χ2v) is 2.06. The second-order valence-electron chi connectivity index (χ2n) is 2.06. The number of urea groups is 1. The molecule has 0 aliphatic carbocycles. The topological polar surface area (TPSA) is 73.5 Å². The Kier molecular flexibility index (Phi) is 1.68. The van der Waals surface area contributed by atoms with Gasteiger partial charge in [-0.2, -0.15) is 5.26 Å². The maximum absolute atomic E-state index is 11.0. The van der Waals surface area contributed by atoms with Crippen LogP contribution >= 0.6 is 0 Å².